The molecule has 3 aromatic rings. The van der Waals surface area contributed by atoms with Gasteiger partial charge in [-0.1, -0.05) is 19.3 Å². The van der Waals surface area contributed by atoms with Gasteiger partial charge in [0.25, 0.3) is 0 Å². The highest BCUT2D eigenvalue weighted by Crippen LogP contribution is 2.43. The van der Waals surface area contributed by atoms with E-state index in [1.807, 2.05) is 6.92 Å². The van der Waals surface area contributed by atoms with E-state index in [0.29, 0.717) is 11.6 Å². The van der Waals surface area contributed by atoms with Gasteiger partial charge in [0.15, 0.2) is 0 Å². The largest absolute Gasteiger partial charge is 0.346 e. The Balaban J connectivity index is 1.57. The van der Waals surface area contributed by atoms with Crippen LogP contribution in [0, 0.1) is 0 Å². The van der Waals surface area contributed by atoms with E-state index >= 15 is 0 Å². The van der Waals surface area contributed by atoms with Gasteiger partial charge in [0.05, 0.1) is 10.9 Å². The highest BCUT2D eigenvalue weighted by molar-refractivity contribution is 7.89. The van der Waals surface area contributed by atoms with E-state index in [0.717, 1.165) is 48.8 Å². The van der Waals surface area contributed by atoms with Crippen LogP contribution < -0.4 is 15.8 Å². The van der Waals surface area contributed by atoms with Crippen LogP contribution in [-0.2, 0) is 20.4 Å². The summed E-state index contributed by atoms with van der Waals surface area (Å²) in [6.07, 6.45) is 6.49. The van der Waals surface area contributed by atoms with Crippen LogP contribution in [0.5, 0.6) is 0 Å². The van der Waals surface area contributed by atoms with Crippen LogP contribution in [0.1, 0.15) is 50.8 Å². The molecule has 0 bridgehead atoms. The second-order valence-electron chi connectivity index (χ2n) is 8.36. The molecule has 3 heterocycles. The Kier molecular flexibility index (Phi) is 4.52. The molecular formula is C21H24N6O3S. The van der Waals surface area contributed by atoms with Gasteiger partial charge in [-0.3, -0.25) is 4.79 Å². The van der Waals surface area contributed by atoms with Crippen LogP contribution >= 0.6 is 0 Å². The number of fused-ring (bicyclic) bond motifs is 4. The molecule has 162 valence electrons. The molecule has 1 atom stereocenters. The van der Waals surface area contributed by atoms with Crippen molar-refractivity contribution in [3.05, 3.63) is 42.2 Å². The van der Waals surface area contributed by atoms with Crippen LogP contribution in [-0.4, -0.2) is 28.9 Å². The standard InChI is InChI=1S/C21H24N6O3S/c1-13-17-11-14-12-23-20(25-15-5-7-16(8-6-15)31(22,29)30)26-18(14)27(17)21(19(28)24-13)9-3-2-4-10-21/h5-8,11-13H,2-4,9-10H2,1H3,(H,24,28)(H2,22,29,30)(H,23,25,26)/t13-/m0/s1. The van der Waals surface area contributed by atoms with E-state index in [2.05, 4.69) is 26.3 Å². The van der Waals surface area contributed by atoms with Gasteiger partial charge in [0, 0.05) is 23.0 Å². The van der Waals surface area contributed by atoms with E-state index < -0.39 is 15.6 Å². The quantitative estimate of drug-likeness (QED) is 0.574. The molecule has 1 aliphatic heterocycles. The molecule has 2 aliphatic rings. The van der Waals surface area contributed by atoms with Gasteiger partial charge in [0.2, 0.25) is 21.9 Å². The second-order valence-corrected chi connectivity index (χ2v) is 9.92. The second kappa shape index (κ2) is 7.03. The molecule has 1 spiro atoms. The molecule has 1 amide bonds. The fraction of sp³-hybridized carbons (Fsp3) is 0.381. The van der Waals surface area contributed by atoms with Crippen LogP contribution in [0.4, 0.5) is 11.6 Å². The number of hydrogen-bond acceptors (Lipinski definition) is 6. The number of benzene rings is 1. The number of nitrogens with one attached hydrogen (secondary N) is 2. The van der Waals surface area contributed by atoms with Crippen LogP contribution in [0.3, 0.4) is 0 Å². The smallest absolute Gasteiger partial charge is 0.246 e. The first-order valence-corrected chi connectivity index (χ1v) is 11.9. The van der Waals surface area contributed by atoms with E-state index in [-0.39, 0.29) is 16.8 Å². The third kappa shape index (κ3) is 3.26. The van der Waals surface area contributed by atoms with E-state index in [4.69, 9.17) is 10.1 Å². The maximum absolute atomic E-state index is 13.1. The monoisotopic (exact) mass is 440 g/mol. The van der Waals surface area contributed by atoms with Gasteiger partial charge in [-0.2, -0.15) is 4.98 Å². The predicted octanol–water partition coefficient (Wildman–Crippen LogP) is 2.67. The number of nitrogens with two attached hydrogens (primary N) is 1. The molecule has 0 radical (unpaired) electrons. The van der Waals surface area contributed by atoms with E-state index in [9.17, 15) is 13.2 Å². The number of sulfonamides is 1. The number of aromatic nitrogens is 3. The van der Waals surface area contributed by atoms with Gasteiger partial charge in [-0.05, 0) is 50.1 Å². The van der Waals surface area contributed by atoms with E-state index in [1.54, 1.807) is 18.3 Å². The van der Waals surface area contributed by atoms with Crippen LogP contribution in [0.2, 0.25) is 0 Å². The molecule has 5 rings (SSSR count). The highest BCUT2D eigenvalue weighted by atomic mass is 32.2. The first-order valence-electron chi connectivity index (χ1n) is 10.4. The Labute approximate surface area is 180 Å². The fourth-order valence-corrected chi connectivity index (χ4v) is 5.30. The molecule has 0 unspecified atom stereocenters. The van der Waals surface area contributed by atoms with Crippen molar-refractivity contribution in [1.82, 2.24) is 19.9 Å². The Morgan fingerprint density at radius 3 is 2.58 bits per heavy atom. The Morgan fingerprint density at radius 1 is 1.19 bits per heavy atom. The van der Waals surface area contributed by atoms with Crippen LogP contribution in [0.25, 0.3) is 11.0 Å². The van der Waals surface area contributed by atoms with Gasteiger partial charge < -0.3 is 15.2 Å². The SMILES string of the molecule is C[C@@H]1NC(=O)C2(CCCCC2)n2c1cc1cnc(Nc3ccc(S(N)(=O)=O)cc3)nc12. The number of nitrogens with zero attached hydrogens (tertiary/aromatic N) is 3. The minimum Gasteiger partial charge on any atom is -0.346 e. The molecule has 0 saturated heterocycles. The third-order valence-corrected chi connectivity index (χ3v) is 7.26. The number of carbonyl (C=O) groups is 1. The van der Waals surface area contributed by atoms with Crippen molar-refractivity contribution in [2.75, 3.05) is 5.32 Å². The summed E-state index contributed by atoms with van der Waals surface area (Å²) in [6.45, 7) is 1.98. The molecule has 9 nitrogen and oxygen atoms in total. The van der Waals surface area contributed by atoms with Gasteiger partial charge in [-0.15, -0.1) is 0 Å². The van der Waals surface area contributed by atoms with Crippen molar-refractivity contribution in [2.45, 2.75) is 55.5 Å². The molecule has 1 aromatic carbocycles. The van der Waals surface area contributed by atoms with Gasteiger partial charge in [-0.25, -0.2) is 18.5 Å². The van der Waals surface area contributed by atoms with Crippen molar-refractivity contribution < 1.29 is 13.2 Å². The molecule has 31 heavy (non-hydrogen) atoms. The normalized spacial score (nSPS) is 20.5. The minimum atomic E-state index is -3.75. The lowest BCUT2D eigenvalue weighted by atomic mass is 9.79. The first kappa shape index (κ1) is 20.0. The molecule has 2 aromatic heterocycles. The fourth-order valence-electron chi connectivity index (χ4n) is 4.79. The zero-order valence-electron chi connectivity index (χ0n) is 17.1. The lowest BCUT2D eigenvalue weighted by Gasteiger charge is -2.43. The molecule has 10 heteroatoms. The Hall–Kier alpha value is -2.98. The molecule has 1 saturated carbocycles. The summed E-state index contributed by atoms with van der Waals surface area (Å²) in [5.41, 5.74) is 1.80. The number of rotatable bonds is 3. The molecular weight excluding hydrogens is 416 g/mol. The molecule has 1 aliphatic carbocycles. The number of amides is 1. The first-order chi connectivity index (χ1) is 14.8. The van der Waals surface area contributed by atoms with Gasteiger partial charge >= 0.3 is 0 Å². The van der Waals surface area contributed by atoms with Crippen molar-refractivity contribution in [3.63, 3.8) is 0 Å². The summed E-state index contributed by atoms with van der Waals surface area (Å²) in [6, 6.07) is 8.03. The number of primary sulfonamides is 1. The molecule has 4 N–H and O–H groups in total. The van der Waals surface area contributed by atoms with E-state index in [1.165, 1.54) is 12.1 Å². The maximum Gasteiger partial charge on any atom is 0.246 e. The summed E-state index contributed by atoms with van der Waals surface area (Å²) < 4.78 is 25.0. The lowest BCUT2D eigenvalue weighted by Crippen LogP contribution is -2.55. The Bertz CT molecular complexity index is 1280. The molecule has 1 fully saturated rings. The van der Waals surface area contributed by atoms with Gasteiger partial charge in [0.1, 0.15) is 11.2 Å². The zero-order chi connectivity index (χ0) is 21.8. The van der Waals surface area contributed by atoms with Crippen molar-refractivity contribution in [1.29, 1.82) is 0 Å². The minimum absolute atomic E-state index is 0.0364. The summed E-state index contributed by atoms with van der Waals surface area (Å²) in [4.78, 5) is 22.3. The van der Waals surface area contributed by atoms with Crippen molar-refractivity contribution in [3.8, 4) is 0 Å². The number of hydrogen-bond donors (Lipinski definition) is 3. The summed E-state index contributed by atoms with van der Waals surface area (Å²) >= 11 is 0. The summed E-state index contributed by atoms with van der Waals surface area (Å²) in [5, 5.41) is 12.3. The number of anilines is 2. The number of carbonyl (C=O) groups excluding carboxylic acids is 1. The third-order valence-electron chi connectivity index (χ3n) is 6.33. The zero-order valence-corrected chi connectivity index (χ0v) is 17.9. The van der Waals surface area contributed by atoms with Crippen molar-refractivity contribution >= 4 is 38.6 Å². The average molecular weight is 441 g/mol. The summed E-state index contributed by atoms with van der Waals surface area (Å²) in [5.74, 6) is 0.442. The topological polar surface area (TPSA) is 132 Å². The highest BCUT2D eigenvalue weighted by Gasteiger charge is 2.47. The summed E-state index contributed by atoms with van der Waals surface area (Å²) in [7, 11) is -3.75. The van der Waals surface area contributed by atoms with Crippen LogP contribution in [0.15, 0.2) is 41.4 Å². The lowest BCUT2D eigenvalue weighted by molar-refractivity contribution is -0.134. The maximum atomic E-state index is 13.1. The van der Waals surface area contributed by atoms with Crippen molar-refractivity contribution in [2.24, 2.45) is 5.14 Å². The Morgan fingerprint density at radius 2 is 1.90 bits per heavy atom. The average Bonchev–Trinajstić information content (AvgIpc) is 3.13. The predicted molar refractivity (Wildman–Crippen MR) is 116 cm³/mol.